The summed E-state index contributed by atoms with van der Waals surface area (Å²) in [6.45, 7) is 0.931. The number of amides is 1. The molecule has 2 aliphatic rings. The van der Waals surface area contributed by atoms with Crippen molar-refractivity contribution in [3.05, 3.63) is 88.6 Å². The van der Waals surface area contributed by atoms with E-state index in [-0.39, 0.29) is 11.8 Å². The lowest BCUT2D eigenvalue weighted by Gasteiger charge is -2.09. The largest absolute Gasteiger partial charge is 0.497 e. The van der Waals surface area contributed by atoms with E-state index in [1.807, 2.05) is 24.3 Å². The van der Waals surface area contributed by atoms with Crippen molar-refractivity contribution in [1.29, 1.82) is 0 Å². The summed E-state index contributed by atoms with van der Waals surface area (Å²) >= 11 is 0. The van der Waals surface area contributed by atoms with E-state index >= 15 is 0 Å². The number of aromatic amines is 1. The number of nitrogens with zero attached hydrogens (tertiary/aromatic N) is 2. The molecule has 1 aromatic heterocycles. The summed E-state index contributed by atoms with van der Waals surface area (Å²) in [5.41, 5.74) is 6.94. The molecule has 35 heavy (non-hydrogen) atoms. The smallest absolute Gasteiger partial charge is 0.235 e. The highest BCUT2D eigenvalue weighted by Gasteiger charge is 2.65. The molecule has 0 radical (unpaired) electrons. The summed E-state index contributed by atoms with van der Waals surface area (Å²) in [6, 6.07) is 20.8. The van der Waals surface area contributed by atoms with Crippen molar-refractivity contribution in [3.8, 4) is 5.75 Å². The minimum atomic E-state index is -0.475. The molecule has 6 rings (SSSR count). The molecular formula is C29H28N4O2. The SMILES string of the molecule is COc1ccc2c(c1)NC(=O)[C@@]21C[C@H]1c1ccc2c(/C=C/c3ccc(CN(C)C)cc3)n[nH]c2c1. The summed E-state index contributed by atoms with van der Waals surface area (Å²) in [7, 11) is 5.78. The number of fused-ring (bicyclic) bond motifs is 3. The molecule has 0 saturated heterocycles. The standard InChI is InChI=1S/C29H28N4O2/c1-33(2)17-19-6-4-18(5-7-19)8-13-25-22-11-9-20(14-26(22)32-31-25)24-16-29(24)23-12-10-21(35-3)15-27(23)30-28(29)34/h4-15,24H,16-17H2,1-3H3,(H,30,34)(H,31,32)/b13-8+/t24-,29-/m0/s1. The van der Waals surface area contributed by atoms with Gasteiger partial charge in [0.15, 0.2) is 0 Å². The highest BCUT2D eigenvalue weighted by molar-refractivity contribution is 6.10. The van der Waals surface area contributed by atoms with Crippen LogP contribution in [0.2, 0.25) is 0 Å². The normalized spacial score (nSPS) is 20.7. The third kappa shape index (κ3) is 3.61. The number of carbonyl (C=O) groups excluding carboxylic acids is 1. The van der Waals surface area contributed by atoms with Crippen LogP contribution in [0.5, 0.6) is 5.75 Å². The van der Waals surface area contributed by atoms with Crippen LogP contribution in [0, 0.1) is 0 Å². The van der Waals surface area contributed by atoms with Crippen LogP contribution >= 0.6 is 0 Å². The van der Waals surface area contributed by atoms with Gasteiger partial charge in [-0.2, -0.15) is 5.10 Å². The summed E-state index contributed by atoms with van der Waals surface area (Å²) < 4.78 is 5.32. The molecule has 2 N–H and O–H groups in total. The number of ether oxygens (including phenoxy) is 1. The Morgan fingerprint density at radius 2 is 1.91 bits per heavy atom. The van der Waals surface area contributed by atoms with Crippen molar-refractivity contribution in [2.45, 2.75) is 24.3 Å². The number of anilines is 1. The predicted molar refractivity (Wildman–Crippen MR) is 140 cm³/mol. The number of rotatable bonds is 6. The van der Waals surface area contributed by atoms with Crippen LogP contribution in [0.1, 0.15) is 40.3 Å². The van der Waals surface area contributed by atoms with Gasteiger partial charge in [0.2, 0.25) is 5.91 Å². The van der Waals surface area contributed by atoms with Crippen LogP contribution in [0.3, 0.4) is 0 Å². The third-order valence-electron chi connectivity index (χ3n) is 7.25. The monoisotopic (exact) mass is 464 g/mol. The quantitative estimate of drug-likeness (QED) is 0.413. The molecule has 2 atom stereocenters. The Hall–Kier alpha value is -3.90. The maximum atomic E-state index is 13.0. The number of hydrogen-bond donors (Lipinski definition) is 2. The van der Waals surface area contributed by atoms with E-state index in [4.69, 9.17) is 4.74 Å². The number of nitrogens with one attached hydrogen (secondary N) is 2. The van der Waals surface area contributed by atoms with Crippen LogP contribution < -0.4 is 10.1 Å². The van der Waals surface area contributed by atoms with Gasteiger partial charge in [0.1, 0.15) is 5.75 Å². The molecule has 2 heterocycles. The second-order valence-electron chi connectivity index (χ2n) is 9.82. The third-order valence-corrected chi connectivity index (χ3v) is 7.25. The molecule has 0 unspecified atom stereocenters. The molecule has 1 amide bonds. The minimum Gasteiger partial charge on any atom is -0.497 e. The van der Waals surface area contributed by atoms with Crippen molar-refractivity contribution >= 4 is 34.6 Å². The Labute approximate surface area is 204 Å². The Bertz CT molecular complexity index is 1470. The fraction of sp³-hybridized carbons (Fsp3) is 0.241. The highest BCUT2D eigenvalue weighted by Crippen LogP contribution is 2.65. The number of hydrogen-bond acceptors (Lipinski definition) is 4. The zero-order chi connectivity index (χ0) is 24.2. The lowest BCUT2D eigenvalue weighted by atomic mass is 9.91. The second kappa shape index (κ2) is 8.10. The minimum absolute atomic E-state index is 0.0793. The molecule has 1 spiro atoms. The first kappa shape index (κ1) is 21.6. The van der Waals surface area contributed by atoms with Crippen LogP contribution in [0.25, 0.3) is 23.1 Å². The van der Waals surface area contributed by atoms with Crippen LogP contribution in [0.4, 0.5) is 5.69 Å². The zero-order valence-electron chi connectivity index (χ0n) is 20.1. The lowest BCUT2D eigenvalue weighted by molar-refractivity contribution is -0.118. The number of carbonyl (C=O) groups is 1. The van der Waals surface area contributed by atoms with Gasteiger partial charge in [-0.05, 0) is 61.0 Å². The van der Waals surface area contributed by atoms with Gasteiger partial charge >= 0.3 is 0 Å². The second-order valence-corrected chi connectivity index (χ2v) is 9.82. The van der Waals surface area contributed by atoms with E-state index in [2.05, 4.69) is 83.0 Å². The van der Waals surface area contributed by atoms with Crippen molar-refractivity contribution in [3.63, 3.8) is 0 Å². The molecule has 1 aliphatic heterocycles. The molecule has 1 fully saturated rings. The Morgan fingerprint density at radius 3 is 2.69 bits per heavy atom. The van der Waals surface area contributed by atoms with Gasteiger partial charge in [-0.25, -0.2) is 0 Å². The maximum Gasteiger partial charge on any atom is 0.235 e. The molecule has 0 bridgehead atoms. The topological polar surface area (TPSA) is 70.2 Å². The van der Waals surface area contributed by atoms with Crippen LogP contribution in [0.15, 0.2) is 60.7 Å². The van der Waals surface area contributed by atoms with Gasteiger partial charge in [-0.15, -0.1) is 0 Å². The van der Waals surface area contributed by atoms with Crippen LogP contribution in [-0.2, 0) is 16.8 Å². The first-order valence-corrected chi connectivity index (χ1v) is 11.9. The fourth-order valence-corrected chi connectivity index (χ4v) is 5.39. The summed E-state index contributed by atoms with van der Waals surface area (Å²) in [6.07, 6.45) is 4.95. The molecular weight excluding hydrogens is 436 g/mol. The zero-order valence-corrected chi connectivity index (χ0v) is 20.1. The van der Waals surface area contributed by atoms with Crippen molar-refractivity contribution in [2.75, 3.05) is 26.5 Å². The van der Waals surface area contributed by atoms with Gasteiger partial charge in [0.25, 0.3) is 0 Å². The molecule has 4 aromatic rings. The molecule has 6 nitrogen and oxygen atoms in total. The molecule has 3 aromatic carbocycles. The van der Waals surface area contributed by atoms with E-state index in [9.17, 15) is 4.79 Å². The van der Waals surface area contributed by atoms with E-state index in [1.165, 1.54) is 5.56 Å². The van der Waals surface area contributed by atoms with Crippen molar-refractivity contribution in [2.24, 2.45) is 0 Å². The first-order chi connectivity index (χ1) is 17.0. The average Bonchev–Trinajstić information content (AvgIpc) is 3.39. The van der Waals surface area contributed by atoms with E-state index in [0.29, 0.717) is 0 Å². The van der Waals surface area contributed by atoms with Gasteiger partial charge in [-0.1, -0.05) is 48.5 Å². The summed E-state index contributed by atoms with van der Waals surface area (Å²) in [5.74, 6) is 0.988. The first-order valence-electron chi connectivity index (χ1n) is 11.9. The highest BCUT2D eigenvalue weighted by atomic mass is 16.5. The number of methoxy groups -OCH3 is 1. The molecule has 1 saturated carbocycles. The van der Waals surface area contributed by atoms with Gasteiger partial charge < -0.3 is 15.0 Å². The Kier molecular flexibility index (Phi) is 5.00. The maximum absolute atomic E-state index is 13.0. The van der Waals surface area contributed by atoms with Crippen molar-refractivity contribution < 1.29 is 9.53 Å². The number of aromatic nitrogens is 2. The molecule has 176 valence electrons. The van der Waals surface area contributed by atoms with Crippen LogP contribution in [-0.4, -0.2) is 42.2 Å². The van der Waals surface area contributed by atoms with E-state index < -0.39 is 5.41 Å². The fourth-order valence-electron chi connectivity index (χ4n) is 5.39. The molecule has 6 heteroatoms. The Morgan fingerprint density at radius 1 is 1.09 bits per heavy atom. The summed E-state index contributed by atoms with van der Waals surface area (Å²) in [5, 5.41) is 11.8. The van der Waals surface area contributed by atoms with Gasteiger partial charge in [-0.3, -0.25) is 9.89 Å². The summed E-state index contributed by atoms with van der Waals surface area (Å²) in [4.78, 5) is 15.1. The van der Waals surface area contributed by atoms with E-state index in [0.717, 1.165) is 57.7 Å². The molecule has 1 aliphatic carbocycles. The number of benzene rings is 3. The van der Waals surface area contributed by atoms with Crippen molar-refractivity contribution in [1.82, 2.24) is 15.1 Å². The van der Waals surface area contributed by atoms with Gasteiger partial charge in [0.05, 0.1) is 23.7 Å². The van der Waals surface area contributed by atoms with E-state index in [1.54, 1.807) is 7.11 Å². The Balaban J connectivity index is 1.23. The average molecular weight is 465 g/mol. The predicted octanol–water partition coefficient (Wildman–Crippen LogP) is 5.18. The number of H-pyrrole nitrogens is 1. The van der Waals surface area contributed by atoms with Gasteiger partial charge in [0, 0.05) is 29.6 Å². The lowest BCUT2D eigenvalue weighted by Crippen LogP contribution is -2.20.